The van der Waals surface area contributed by atoms with Gasteiger partial charge in [0.1, 0.15) is 5.82 Å². The van der Waals surface area contributed by atoms with Crippen molar-refractivity contribution in [2.45, 2.75) is 19.3 Å². The van der Waals surface area contributed by atoms with Crippen LogP contribution in [0.25, 0.3) is 0 Å². The average Bonchev–Trinajstić information content (AvgIpc) is 3.38. The lowest BCUT2D eigenvalue weighted by molar-refractivity contribution is -0.123. The van der Waals surface area contributed by atoms with Crippen LogP contribution in [0.2, 0.25) is 0 Å². The maximum Gasteiger partial charge on any atom is 0.255 e. The summed E-state index contributed by atoms with van der Waals surface area (Å²) in [6.07, 6.45) is 3.09. The number of rotatable bonds is 3. The Morgan fingerprint density at radius 2 is 1.46 bits per heavy atom. The van der Waals surface area contributed by atoms with E-state index in [1.54, 1.807) is 24.3 Å². The molecule has 2 bridgehead atoms. The van der Waals surface area contributed by atoms with Gasteiger partial charge >= 0.3 is 0 Å². The quantitative estimate of drug-likeness (QED) is 0.830. The minimum Gasteiger partial charge on any atom is -0.322 e. The molecule has 0 radical (unpaired) electrons. The van der Waals surface area contributed by atoms with Gasteiger partial charge in [-0.25, -0.2) is 4.39 Å². The second-order valence-electron chi connectivity index (χ2n) is 7.90. The van der Waals surface area contributed by atoms with E-state index >= 15 is 0 Å². The zero-order chi connectivity index (χ0) is 19.4. The van der Waals surface area contributed by atoms with E-state index in [0.29, 0.717) is 28.8 Å². The Labute approximate surface area is 161 Å². The van der Waals surface area contributed by atoms with E-state index in [1.165, 1.54) is 29.2 Å². The maximum absolute atomic E-state index is 13.0. The monoisotopic (exact) mass is 378 g/mol. The van der Waals surface area contributed by atoms with Crippen LogP contribution in [0.3, 0.4) is 0 Å². The van der Waals surface area contributed by atoms with Gasteiger partial charge in [0.2, 0.25) is 11.8 Å². The summed E-state index contributed by atoms with van der Waals surface area (Å²) >= 11 is 0. The fourth-order valence-electron chi connectivity index (χ4n) is 5.16. The lowest BCUT2D eigenvalue weighted by Crippen LogP contribution is -2.32. The number of halogens is 1. The normalized spacial score (nSPS) is 28.0. The molecule has 3 amide bonds. The van der Waals surface area contributed by atoms with Crippen molar-refractivity contribution in [1.29, 1.82) is 0 Å². The molecule has 0 unspecified atom stereocenters. The van der Waals surface area contributed by atoms with Crippen LogP contribution in [0, 0.1) is 29.5 Å². The molecule has 1 heterocycles. The molecule has 2 aromatic carbocycles. The summed E-state index contributed by atoms with van der Waals surface area (Å²) in [5, 5.41) is 2.69. The van der Waals surface area contributed by atoms with Crippen LogP contribution < -0.4 is 10.2 Å². The molecule has 3 fully saturated rings. The molecule has 5 nitrogen and oxygen atoms in total. The Morgan fingerprint density at radius 3 is 2.04 bits per heavy atom. The lowest BCUT2D eigenvalue weighted by Gasteiger charge is -2.19. The third-order valence-corrected chi connectivity index (χ3v) is 6.42. The number of carbonyl (C=O) groups excluding carboxylic acids is 3. The Bertz CT molecular complexity index is 942. The molecule has 28 heavy (non-hydrogen) atoms. The zero-order valence-corrected chi connectivity index (χ0v) is 15.1. The van der Waals surface area contributed by atoms with Crippen LogP contribution in [0.1, 0.15) is 29.6 Å². The fourth-order valence-corrected chi connectivity index (χ4v) is 5.16. The van der Waals surface area contributed by atoms with Crippen molar-refractivity contribution in [3.63, 3.8) is 0 Å². The molecule has 0 spiro atoms. The molecule has 3 aliphatic rings. The third-order valence-electron chi connectivity index (χ3n) is 6.42. The van der Waals surface area contributed by atoms with Gasteiger partial charge in [-0.05, 0) is 79.6 Å². The Morgan fingerprint density at radius 1 is 0.893 bits per heavy atom. The van der Waals surface area contributed by atoms with Gasteiger partial charge in [-0.1, -0.05) is 0 Å². The Balaban J connectivity index is 1.34. The number of imide groups is 1. The highest BCUT2D eigenvalue weighted by Gasteiger charge is 2.61. The predicted molar refractivity (Wildman–Crippen MR) is 101 cm³/mol. The smallest absolute Gasteiger partial charge is 0.255 e. The SMILES string of the molecule is O=C(Nc1ccc(F)cc1)c1ccc(N2C(=O)[C@@H]3[C@H]4CC[C@H](C4)[C@@H]3C2=O)cc1. The minimum absolute atomic E-state index is 0.0919. The predicted octanol–water partition coefficient (Wildman–Crippen LogP) is 3.61. The molecule has 2 aliphatic carbocycles. The molecular weight excluding hydrogens is 359 g/mol. The first-order valence-electron chi connectivity index (χ1n) is 9.58. The number of carbonyl (C=O) groups is 3. The number of benzene rings is 2. The highest BCUT2D eigenvalue weighted by Crippen LogP contribution is 2.56. The van der Waals surface area contributed by atoms with E-state index in [1.807, 2.05) is 0 Å². The van der Waals surface area contributed by atoms with Gasteiger partial charge in [0.25, 0.3) is 5.91 Å². The molecule has 2 saturated carbocycles. The van der Waals surface area contributed by atoms with Crippen molar-refractivity contribution in [1.82, 2.24) is 0 Å². The van der Waals surface area contributed by atoms with E-state index in [2.05, 4.69) is 5.32 Å². The molecular formula is C22H19FN2O3. The van der Waals surface area contributed by atoms with Crippen LogP contribution in [-0.4, -0.2) is 17.7 Å². The summed E-state index contributed by atoms with van der Waals surface area (Å²) in [7, 11) is 0. The standard InChI is InChI=1S/C22H19FN2O3/c23-15-5-7-16(8-6-15)24-20(26)12-3-9-17(10-4-12)25-21(27)18-13-1-2-14(11-13)19(18)22(25)28/h3-10,13-14,18-19H,1-2,11H2,(H,24,26)/t13-,14+,18+,19-. The van der Waals surface area contributed by atoms with Gasteiger partial charge in [-0.15, -0.1) is 0 Å². The number of amides is 3. The lowest BCUT2D eigenvalue weighted by atomic mass is 9.81. The summed E-state index contributed by atoms with van der Waals surface area (Å²) in [5.41, 5.74) is 1.40. The minimum atomic E-state index is -0.375. The van der Waals surface area contributed by atoms with Crippen molar-refractivity contribution in [2.75, 3.05) is 10.2 Å². The highest BCUT2D eigenvalue weighted by molar-refractivity contribution is 6.22. The number of hydrogen-bond donors (Lipinski definition) is 1. The molecule has 1 aliphatic heterocycles. The van der Waals surface area contributed by atoms with Gasteiger partial charge < -0.3 is 5.32 Å². The van der Waals surface area contributed by atoms with E-state index in [0.717, 1.165) is 19.3 Å². The number of fused-ring (bicyclic) bond motifs is 5. The first-order chi connectivity index (χ1) is 13.5. The average molecular weight is 378 g/mol. The van der Waals surface area contributed by atoms with Crippen molar-refractivity contribution in [3.05, 3.63) is 59.9 Å². The van der Waals surface area contributed by atoms with E-state index in [-0.39, 0.29) is 35.4 Å². The molecule has 142 valence electrons. The summed E-state index contributed by atoms with van der Waals surface area (Å²) in [6, 6.07) is 12.0. The number of nitrogens with zero attached hydrogens (tertiary/aromatic N) is 1. The van der Waals surface area contributed by atoms with Crippen molar-refractivity contribution < 1.29 is 18.8 Å². The molecule has 6 heteroatoms. The molecule has 4 atom stereocenters. The highest BCUT2D eigenvalue weighted by atomic mass is 19.1. The Kier molecular flexibility index (Phi) is 3.82. The van der Waals surface area contributed by atoms with Gasteiger partial charge in [0, 0.05) is 11.3 Å². The van der Waals surface area contributed by atoms with Crippen LogP contribution in [0.4, 0.5) is 15.8 Å². The van der Waals surface area contributed by atoms with E-state index in [9.17, 15) is 18.8 Å². The summed E-state index contributed by atoms with van der Waals surface area (Å²) in [4.78, 5) is 39.4. The fraction of sp³-hybridized carbons (Fsp3) is 0.318. The van der Waals surface area contributed by atoms with Crippen LogP contribution >= 0.6 is 0 Å². The first-order valence-corrected chi connectivity index (χ1v) is 9.58. The van der Waals surface area contributed by atoms with Crippen LogP contribution in [0.5, 0.6) is 0 Å². The van der Waals surface area contributed by atoms with Crippen molar-refractivity contribution in [2.24, 2.45) is 23.7 Å². The second-order valence-corrected chi connectivity index (χ2v) is 7.90. The zero-order valence-electron chi connectivity index (χ0n) is 15.1. The summed E-state index contributed by atoms with van der Waals surface area (Å²) < 4.78 is 13.0. The third kappa shape index (κ3) is 2.55. The number of anilines is 2. The van der Waals surface area contributed by atoms with E-state index in [4.69, 9.17) is 0 Å². The van der Waals surface area contributed by atoms with Crippen LogP contribution in [-0.2, 0) is 9.59 Å². The molecule has 1 N–H and O–H groups in total. The largest absolute Gasteiger partial charge is 0.322 e. The molecule has 2 aromatic rings. The number of hydrogen-bond acceptors (Lipinski definition) is 3. The van der Waals surface area contributed by atoms with Crippen molar-refractivity contribution in [3.8, 4) is 0 Å². The molecule has 1 saturated heterocycles. The van der Waals surface area contributed by atoms with Crippen molar-refractivity contribution >= 4 is 29.1 Å². The topological polar surface area (TPSA) is 66.5 Å². The van der Waals surface area contributed by atoms with E-state index < -0.39 is 0 Å². The molecule has 0 aromatic heterocycles. The number of nitrogens with one attached hydrogen (secondary N) is 1. The summed E-state index contributed by atoms with van der Waals surface area (Å²) in [5.74, 6) is -0.529. The maximum atomic E-state index is 13.0. The van der Waals surface area contributed by atoms with Crippen LogP contribution in [0.15, 0.2) is 48.5 Å². The van der Waals surface area contributed by atoms with Gasteiger partial charge in [0.15, 0.2) is 0 Å². The second kappa shape index (κ2) is 6.26. The van der Waals surface area contributed by atoms with Gasteiger partial charge in [-0.3, -0.25) is 19.3 Å². The van der Waals surface area contributed by atoms with Gasteiger partial charge in [0.05, 0.1) is 17.5 Å². The van der Waals surface area contributed by atoms with Gasteiger partial charge in [-0.2, -0.15) is 0 Å². The first kappa shape index (κ1) is 17.1. The molecule has 5 rings (SSSR count). The summed E-state index contributed by atoms with van der Waals surface area (Å²) in [6.45, 7) is 0. The Hall–Kier alpha value is -3.02.